The molecule has 1 rings (SSSR count). The number of nitrogens with one attached hydrogen (secondary N) is 2. The molecule has 1 aromatic heterocycles. The largest absolute Gasteiger partial charge is 0.383 e. The molecule has 1 heterocycles. The monoisotopic (exact) mass is 258 g/mol. The van der Waals surface area contributed by atoms with E-state index in [-0.39, 0.29) is 17.0 Å². The van der Waals surface area contributed by atoms with Crippen LogP contribution in [0.25, 0.3) is 0 Å². The lowest BCUT2D eigenvalue weighted by molar-refractivity contribution is 0.0894. The van der Waals surface area contributed by atoms with Gasteiger partial charge in [0.25, 0.3) is 11.5 Å². The SMILES string of the molecule is CCC(COC)NC(=O)c1c[nH]c(=O)c(Cl)c1. The fourth-order valence-electron chi connectivity index (χ4n) is 1.32. The Labute approximate surface area is 104 Å². The van der Waals surface area contributed by atoms with Gasteiger partial charge in [-0.15, -0.1) is 0 Å². The first-order chi connectivity index (χ1) is 8.08. The van der Waals surface area contributed by atoms with Gasteiger partial charge in [0.05, 0.1) is 18.2 Å². The maximum absolute atomic E-state index is 11.8. The Hall–Kier alpha value is -1.33. The van der Waals surface area contributed by atoms with Gasteiger partial charge < -0.3 is 15.0 Å². The molecule has 1 amide bonds. The number of hydrogen-bond acceptors (Lipinski definition) is 3. The molecule has 0 fully saturated rings. The number of aromatic nitrogens is 1. The van der Waals surface area contributed by atoms with Crippen LogP contribution in [-0.4, -0.2) is 30.6 Å². The Morgan fingerprint density at radius 3 is 2.88 bits per heavy atom. The maximum Gasteiger partial charge on any atom is 0.266 e. The number of amides is 1. The number of aromatic amines is 1. The van der Waals surface area contributed by atoms with Crippen molar-refractivity contribution >= 4 is 17.5 Å². The Morgan fingerprint density at radius 1 is 1.65 bits per heavy atom. The topological polar surface area (TPSA) is 71.2 Å². The van der Waals surface area contributed by atoms with Crippen molar-refractivity contribution in [2.24, 2.45) is 0 Å². The Morgan fingerprint density at radius 2 is 2.35 bits per heavy atom. The highest BCUT2D eigenvalue weighted by Gasteiger charge is 2.13. The lowest BCUT2D eigenvalue weighted by atomic mass is 10.2. The zero-order valence-electron chi connectivity index (χ0n) is 9.75. The third kappa shape index (κ3) is 3.87. The van der Waals surface area contributed by atoms with E-state index in [9.17, 15) is 9.59 Å². The molecule has 0 bridgehead atoms. The fraction of sp³-hybridized carbons (Fsp3) is 0.455. The summed E-state index contributed by atoms with van der Waals surface area (Å²) in [7, 11) is 1.58. The Kier molecular flexibility index (Phi) is 5.18. The van der Waals surface area contributed by atoms with E-state index in [1.807, 2.05) is 6.92 Å². The molecule has 17 heavy (non-hydrogen) atoms. The number of H-pyrrole nitrogens is 1. The molecule has 0 spiro atoms. The van der Waals surface area contributed by atoms with Crippen LogP contribution in [0.3, 0.4) is 0 Å². The maximum atomic E-state index is 11.8. The van der Waals surface area contributed by atoms with E-state index in [4.69, 9.17) is 16.3 Å². The number of rotatable bonds is 5. The van der Waals surface area contributed by atoms with Crippen molar-refractivity contribution in [3.8, 4) is 0 Å². The van der Waals surface area contributed by atoms with Crippen molar-refractivity contribution in [2.45, 2.75) is 19.4 Å². The molecule has 5 nitrogen and oxygen atoms in total. The molecular formula is C11H15ClN2O3. The minimum absolute atomic E-state index is 0.00237. The molecule has 1 unspecified atom stereocenters. The van der Waals surface area contributed by atoms with Crippen LogP contribution in [0.1, 0.15) is 23.7 Å². The second-order valence-electron chi connectivity index (χ2n) is 3.60. The van der Waals surface area contributed by atoms with Crippen LogP contribution >= 0.6 is 11.6 Å². The molecule has 0 aliphatic rings. The van der Waals surface area contributed by atoms with Gasteiger partial charge in [-0.25, -0.2) is 0 Å². The third-order valence-electron chi connectivity index (χ3n) is 2.32. The van der Waals surface area contributed by atoms with Crippen molar-refractivity contribution in [1.29, 1.82) is 0 Å². The molecular weight excluding hydrogens is 244 g/mol. The van der Waals surface area contributed by atoms with Gasteiger partial charge in [0.2, 0.25) is 0 Å². The van der Waals surface area contributed by atoms with Crippen molar-refractivity contribution in [1.82, 2.24) is 10.3 Å². The zero-order valence-corrected chi connectivity index (χ0v) is 10.5. The fourth-order valence-corrected chi connectivity index (χ4v) is 1.49. The molecule has 6 heteroatoms. The van der Waals surface area contributed by atoms with E-state index in [2.05, 4.69) is 10.3 Å². The van der Waals surface area contributed by atoms with E-state index < -0.39 is 5.56 Å². The minimum Gasteiger partial charge on any atom is -0.383 e. The van der Waals surface area contributed by atoms with Crippen LogP contribution in [0.5, 0.6) is 0 Å². The highest BCUT2D eigenvalue weighted by atomic mass is 35.5. The lowest BCUT2D eigenvalue weighted by Gasteiger charge is -2.15. The first-order valence-corrected chi connectivity index (χ1v) is 5.64. The molecule has 0 aliphatic carbocycles. The van der Waals surface area contributed by atoms with Gasteiger partial charge in [-0.1, -0.05) is 18.5 Å². The van der Waals surface area contributed by atoms with Gasteiger partial charge in [-0.2, -0.15) is 0 Å². The third-order valence-corrected chi connectivity index (χ3v) is 2.60. The molecule has 0 aromatic carbocycles. The second-order valence-corrected chi connectivity index (χ2v) is 4.01. The molecule has 2 N–H and O–H groups in total. The highest BCUT2D eigenvalue weighted by molar-refractivity contribution is 6.30. The van der Waals surface area contributed by atoms with Crippen LogP contribution in [0.15, 0.2) is 17.1 Å². The van der Waals surface area contributed by atoms with Crippen molar-refractivity contribution < 1.29 is 9.53 Å². The van der Waals surface area contributed by atoms with E-state index >= 15 is 0 Å². The first kappa shape index (κ1) is 13.7. The van der Waals surface area contributed by atoms with Gasteiger partial charge in [0.1, 0.15) is 5.02 Å². The van der Waals surface area contributed by atoms with Crippen LogP contribution in [-0.2, 0) is 4.74 Å². The number of methoxy groups -OCH3 is 1. The zero-order chi connectivity index (χ0) is 12.8. The number of pyridine rings is 1. The van der Waals surface area contributed by atoms with Crippen molar-refractivity contribution in [3.05, 3.63) is 33.2 Å². The van der Waals surface area contributed by atoms with Crippen LogP contribution in [0.2, 0.25) is 5.02 Å². The minimum atomic E-state index is -0.410. The standard InChI is InChI=1S/C11H15ClN2O3/c1-3-8(6-17-2)14-10(15)7-4-9(12)11(16)13-5-7/h4-5,8H,3,6H2,1-2H3,(H,13,16)(H,14,15). The molecule has 0 aliphatic heterocycles. The summed E-state index contributed by atoms with van der Waals surface area (Å²) in [5.41, 5.74) is -0.0868. The predicted molar refractivity (Wildman–Crippen MR) is 65.5 cm³/mol. The molecule has 0 saturated carbocycles. The van der Waals surface area contributed by atoms with Crippen LogP contribution in [0, 0.1) is 0 Å². The van der Waals surface area contributed by atoms with E-state index in [1.165, 1.54) is 12.3 Å². The average Bonchev–Trinajstić information content (AvgIpc) is 2.31. The highest BCUT2D eigenvalue weighted by Crippen LogP contribution is 2.04. The number of carbonyl (C=O) groups is 1. The molecule has 0 radical (unpaired) electrons. The predicted octanol–water partition coefficient (Wildman–Crippen LogP) is 1.18. The van der Waals surface area contributed by atoms with Gasteiger partial charge in [-0.05, 0) is 12.5 Å². The molecule has 1 atom stereocenters. The summed E-state index contributed by atoms with van der Waals surface area (Å²) in [4.78, 5) is 25.2. The summed E-state index contributed by atoms with van der Waals surface area (Å²) in [6, 6.07) is 1.29. The summed E-state index contributed by atoms with van der Waals surface area (Å²) < 4.78 is 4.98. The van der Waals surface area contributed by atoms with E-state index in [0.29, 0.717) is 12.2 Å². The Bertz CT molecular complexity index is 445. The summed E-state index contributed by atoms with van der Waals surface area (Å²) in [6.07, 6.45) is 2.10. The normalized spacial score (nSPS) is 12.2. The average molecular weight is 259 g/mol. The Balaban J connectivity index is 2.75. The first-order valence-electron chi connectivity index (χ1n) is 5.26. The number of hydrogen-bond donors (Lipinski definition) is 2. The quantitative estimate of drug-likeness (QED) is 0.833. The van der Waals surface area contributed by atoms with Crippen molar-refractivity contribution in [2.75, 3.05) is 13.7 Å². The summed E-state index contributed by atoms with van der Waals surface area (Å²) in [5, 5.41) is 2.78. The van der Waals surface area contributed by atoms with E-state index in [0.717, 1.165) is 6.42 Å². The van der Waals surface area contributed by atoms with Crippen LogP contribution in [0.4, 0.5) is 0 Å². The van der Waals surface area contributed by atoms with Crippen molar-refractivity contribution in [3.63, 3.8) is 0 Å². The second kappa shape index (κ2) is 6.42. The molecule has 1 aromatic rings. The summed E-state index contributed by atoms with van der Waals surface area (Å²) >= 11 is 5.64. The van der Waals surface area contributed by atoms with Gasteiger partial charge in [-0.3, -0.25) is 9.59 Å². The summed E-state index contributed by atoms with van der Waals surface area (Å²) in [6.45, 7) is 2.39. The number of ether oxygens (including phenoxy) is 1. The molecule has 0 saturated heterocycles. The van der Waals surface area contributed by atoms with Crippen LogP contribution < -0.4 is 10.9 Å². The lowest BCUT2D eigenvalue weighted by Crippen LogP contribution is -2.37. The van der Waals surface area contributed by atoms with E-state index in [1.54, 1.807) is 7.11 Å². The number of halogens is 1. The summed E-state index contributed by atoms with van der Waals surface area (Å²) in [5.74, 6) is -0.285. The smallest absolute Gasteiger partial charge is 0.266 e. The number of carbonyl (C=O) groups excluding carboxylic acids is 1. The van der Waals surface area contributed by atoms with Gasteiger partial charge >= 0.3 is 0 Å². The van der Waals surface area contributed by atoms with Gasteiger partial charge in [0.15, 0.2) is 0 Å². The molecule has 94 valence electrons. The van der Waals surface area contributed by atoms with Gasteiger partial charge in [0, 0.05) is 13.3 Å².